The minimum Gasteiger partial charge on any atom is -0.366 e. The molecule has 0 aliphatic rings. The molecule has 0 bridgehead atoms. The Hall–Kier alpha value is -4.46. The van der Waals surface area contributed by atoms with E-state index in [0.717, 1.165) is 0 Å². The molecule has 3 aromatic rings. The van der Waals surface area contributed by atoms with E-state index in [-0.39, 0.29) is 33.6 Å². The summed E-state index contributed by atoms with van der Waals surface area (Å²) >= 11 is 0. The predicted octanol–water partition coefficient (Wildman–Crippen LogP) is 2.39. The van der Waals surface area contributed by atoms with Crippen LogP contribution in [0.5, 0.6) is 0 Å². The molecule has 0 saturated carbocycles. The van der Waals surface area contributed by atoms with Gasteiger partial charge in [0.05, 0.1) is 33.6 Å². The van der Waals surface area contributed by atoms with Crippen LogP contribution in [-0.4, -0.2) is 23.6 Å². The van der Waals surface area contributed by atoms with Crippen molar-refractivity contribution >= 4 is 35.0 Å². The average molecular weight is 402 g/mol. The molecule has 0 aliphatic carbocycles. The van der Waals surface area contributed by atoms with Crippen LogP contribution >= 0.6 is 0 Å². The van der Waals surface area contributed by atoms with Gasteiger partial charge in [0.25, 0.3) is 23.6 Å². The number of nitrogens with two attached hydrogens (primary N) is 2. The third-order valence-corrected chi connectivity index (χ3v) is 4.30. The lowest BCUT2D eigenvalue weighted by Crippen LogP contribution is -2.23. The van der Waals surface area contributed by atoms with E-state index in [2.05, 4.69) is 10.6 Å². The maximum absolute atomic E-state index is 12.8. The Morgan fingerprint density at radius 3 is 1.13 bits per heavy atom. The van der Waals surface area contributed by atoms with Gasteiger partial charge in [-0.2, -0.15) is 0 Å². The van der Waals surface area contributed by atoms with E-state index >= 15 is 0 Å². The monoisotopic (exact) mass is 402 g/mol. The lowest BCUT2D eigenvalue weighted by Gasteiger charge is -2.13. The van der Waals surface area contributed by atoms with Crippen LogP contribution in [0.3, 0.4) is 0 Å². The number of nitrogens with one attached hydrogen (secondary N) is 2. The summed E-state index contributed by atoms with van der Waals surface area (Å²) in [5.74, 6) is -2.59. The Balaban J connectivity index is 1.90. The van der Waals surface area contributed by atoms with Crippen molar-refractivity contribution in [2.24, 2.45) is 11.5 Å². The molecule has 3 aromatic carbocycles. The number of anilines is 2. The second kappa shape index (κ2) is 8.70. The van der Waals surface area contributed by atoms with E-state index in [1.807, 2.05) is 0 Å². The standard InChI is InChI=1S/C22H18N4O4/c23-19(27)15-9-3-5-11-17(15)25-21(29)13-7-1-2-8-14(13)22(30)26-18-12-6-4-10-16(18)20(24)28/h1-12H,(H2,23,27)(H2,24,28)(H,25,29)(H,26,30). The maximum Gasteiger partial charge on any atom is 0.256 e. The molecule has 0 saturated heterocycles. The second-order valence-corrected chi connectivity index (χ2v) is 6.27. The molecular formula is C22H18N4O4. The zero-order chi connectivity index (χ0) is 21.7. The van der Waals surface area contributed by atoms with Crippen molar-refractivity contribution < 1.29 is 19.2 Å². The van der Waals surface area contributed by atoms with Crippen molar-refractivity contribution in [2.45, 2.75) is 0 Å². The van der Waals surface area contributed by atoms with Gasteiger partial charge in [0.1, 0.15) is 0 Å². The first kappa shape index (κ1) is 20.3. The number of hydrogen-bond acceptors (Lipinski definition) is 4. The van der Waals surface area contributed by atoms with E-state index in [1.165, 1.54) is 36.4 Å². The third kappa shape index (κ3) is 4.33. The topological polar surface area (TPSA) is 144 Å². The highest BCUT2D eigenvalue weighted by molar-refractivity contribution is 6.17. The SMILES string of the molecule is NC(=O)c1ccccc1NC(=O)c1ccccc1C(=O)Nc1ccccc1C(N)=O. The summed E-state index contributed by atoms with van der Waals surface area (Å²) < 4.78 is 0. The van der Waals surface area contributed by atoms with Crippen LogP contribution in [0.4, 0.5) is 11.4 Å². The number of carbonyl (C=O) groups is 4. The van der Waals surface area contributed by atoms with Gasteiger partial charge in [-0.15, -0.1) is 0 Å². The molecule has 0 heterocycles. The zero-order valence-electron chi connectivity index (χ0n) is 15.7. The van der Waals surface area contributed by atoms with Crippen LogP contribution < -0.4 is 22.1 Å². The molecule has 8 nitrogen and oxygen atoms in total. The minimum atomic E-state index is -0.694. The molecule has 6 N–H and O–H groups in total. The fourth-order valence-corrected chi connectivity index (χ4v) is 2.87. The van der Waals surface area contributed by atoms with Crippen LogP contribution in [-0.2, 0) is 0 Å². The molecule has 0 fully saturated rings. The van der Waals surface area contributed by atoms with E-state index in [1.54, 1.807) is 36.4 Å². The molecule has 30 heavy (non-hydrogen) atoms. The van der Waals surface area contributed by atoms with Gasteiger partial charge in [0.15, 0.2) is 0 Å². The van der Waals surface area contributed by atoms with Crippen molar-refractivity contribution in [3.8, 4) is 0 Å². The molecule has 4 amide bonds. The fraction of sp³-hybridized carbons (Fsp3) is 0. The summed E-state index contributed by atoms with van der Waals surface area (Å²) in [4.78, 5) is 48.8. The molecular weight excluding hydrogens is 384 g/mol. The highest BCUT2D eigenvalue weighted by Gasteiger charge is 2.19. The molecule has 150 valence electrons. The Labute approximate surface area is 171 Å². The van der Waals surface area contributed by atoms with Gasteiger partial charge in [-0.25, -0.2) is 0 Å². The van der Waals surface area contributed by atoms with Crippen molar-refractivity contribution in [3.05, 3.63) is 95.1 Å². The molecule has 0 aromatic heterocycles. The molecule has 8 heteroatoms. The lowest BCUT2D eigenvalue weighted by molar-refractivity contribution is 0.0983. The van der Waals surface area contributed by atoms with Crippen LogP contribution in [0.2, 0.25) is 0 Å². The Kier molecular flexibility index (Phi) is 5.88. The molecule has 0 spiro atoms. The smallest absolute Gasteiger partial charge is 0.256 e. The van der Waals surface area contributed by atoms with Crippen LogP contribution in [0.15, 0.2) is 72.8 Å². The van der Waals surface area contributed by atoms with Gasteiger partial charge < -0.3 is 22.1 Å². The van der Waals surface area contributed by atoms with Crippen molar-refractivity contribution in [1.29, 1.82) is 0 Å². The molecule has 0 atom stereocenters. The van der Waals surface area contributed by atoms with Crippen molar-refractivity contribution in [3.63, 3.8) is 0 Å². The number of benzene rings is 3. The van der Waals surface area contributed by atoms with E-state index in [9.17, 15) is 19.2 Å². The summed E-state index contributed by atoms with van der Waals surface area (Å²) in [5.41, 5.74) is 11.6. The average Bonchev–Trinajstić information content (AvgIpc) is 2.74. The number of carbonyl (C=O) groups excluding carboxylic acids is 4. The highest BCUT2D eigenvalue weighted by Crippen LogP contribution is 2.20. The minimum absolute atomic E-state index is 0.0748. The van der Waals surface area contributed by atoms with E-state index in [4.69, 9.17) is 11.5 Å². The zero-order valence-corrected chi connectivity index (χ0v) is 15.7. The van der Waals surface area contributed by atoms with Crippen LogP contribution in [0.1, 0.15) is 41.4 Å². The number of rotatable bonds is 6. The Morgan fingerprint density at radius 1 is 0.500 bits per heavy atom. The number of amides is 4. The number of hydrogen-bond donors (Lipinski definition) is 4. The second-order valence-electron chi connectivity index (χ2n) is 6.27. The largest absolute Gasteiger partial charge is 0.366 e. The van der Waals surface area contributed by atoms with Crippen molar-refractivity contribution in [1.82, 2.24) is 0 Å². The van der Waals surface area contributed by atoms with E-state index in [0.29, 0.717) is 0 Å². The Bertz CT molecular complexity index is 1070. The Morgan fingerprint density at radius 2 is 0.800 bits per heavy atom. The number of primary amides is 2. The first-order valence-electron chi connectivity index (χ1n) is 8.88. The van der Waals surface area contributed by atoms with Gasteiger partial charge in [-0.1, -0.05) is 36.4 Å². The van der Waals surface area contributed by atoms with Gasteiger partial charge in [-0.05, 0) is 36.4 Å². The van der Waals surface area contributed by atoms with Crippen molar-refractivity contribution in [2.75, 3.05) is 10.6 Å². The highest BCUT2D eigenvalue weighted by atomic mass is 16.2. The predicted molar refractivity (Wildman–Crippen MR) is 112 cm³/mol. The molecule has 0 aliphatic heterocycles. The lowest BCUT2D eigenvalue weighted by atomic mass is 10.0. The van der Waals surface area contributed by atoms with Gasteiger partial charge in [-0.3, -0.25) is 19.2 Å². The molecule has 3 rings (SSSR count). The summed E-state index contributed by atoms with van der Waals surface area (Å²) in [6.45, 7) is 0. The normalized spacial score (nSPS) is 10.1. The summed E-state index contributed by atoms with van der Waals surface area (Å²) in [5, 5.41) is 5.21. The van der Waals surface area contributed by atoms with Gasteiger partial charge in [0, 0.05) is 0 Å². The summed E-state index contributed by atoms with van der Waals surface area (Å²) in [6, 6.07) is 18.7. The number of para-hydroxylation sites is 2. The van der Waals surface area contributed by atoms with Gasteiger partial charge in [0.2, 0.25) is 0 Å². The van der Waals surface area contributed by atoms with Gasteiger partial charge >= 0.3 is 0 Å². The third-order valence-electron chi connectivity index (χ3n) is 4.30. The quantitative estimate of drug-likeness (QED) is 0.502. The first-order valence-corrected chi connectivity index (χ1v) is 8.88. The molecule has 0 radical (unpaired) electrons. The first-order chi connectivity index (χ1) is 14.4. The fourth-order valence-electron chi connectivity index (χ4n) is 2.87. The molecule has 0 unspecified atom stereocenters. The summed E-state index contributed by atoms with van der Waals surface area (Å²) in [6.07, 6.45) is 0. The van der Waals surface area contributed by atoms with Crippen LogP contribution in [0.25, 0.3) is 0 Å². The maximum atomic E-state index is 12.8. The van der Waals surface area contributed by atoms with E-state index < -0.39 is 23.6 Å². The van der Waals surface area contributed by atoms with Crippen LogP contribution in [0, 0.1) is 0 Å². The summed E-state index contributed by atoms with van der Waals surface area (Å²) in [7, 11) is 0.